The fourth-order valence-corrected chi connectivity index (χ4v) is 3.01. The number of methoxy groups -OCH3 is 1. The molecule has 2 aromatic carbocycles. The normalized spacial score (nSPS) is 11.3. The molecule has 2 rings (SSSR count). The standard InChI is InChI=1S/C20H22FN3O4S/c1-12(29-11-19(26)23-15-6-4-14(21)5-7-15)20(27)24-16-8-9-18(28-3)17(10-16)22-13(2)25/h4-10,12H,11H2,1-3H3,(H,22,25)(H,23,26)(H,24,27). The number of benzene rings is 2. The van der Waals surface area contributed by atoms with Gasteiger partial charge in [0.1, 0.15) is 11.6 Å². The summed E-state index contributed by atoms with van der Waals surface area (Å²) < 4.78 is 18.1. The van der Waals surface area contributed by atoms with Crippen molar-refractivity contribution in [3.8, 4) is 5.75 Å². The molecule has 7 nitrogen and oxygen atoms in total. The van der Waals surface area contributed by atoms with Crippen molar-refractivity contribution in [3.63, 3.8) is 0 Å². The number of amides is 3. The molecule has 0 saturated carbocycles. The zero-order chi connectivity index (χ0) is 21.4. The number of thioether (sulfide) groups is 1. The minimum absolute atomic E-state index is 0.0612. The SMILES string of the molecule is COc1ccc(NC(=O)C(C)SCC(=O)Nc2ccc(F)cc2)cc1NC(C)=O. The first-order chi connectivity index (χ1) is 13.8. The number of hydrogen-bond acceptors (Lipinski definition) is 5. The van der Waals surface area contributed by atoms with E-state index in [1.807, 2.05) is 0 Å². The summed E-state index contributed by atoms with van der Waals surface area (Å²) in [7, 11) is 1.48. The van der Waals surface area contributed by atoms with Gasteiger partial charge in [-0.05, 0) is 49.4 Å². The number of rotatable bonds is 8. The highest BCUT2D eigenvalue weighted by molar-refractivity contribution is 8.01. The average Bonchev–Trinajstić information content (AvgIpc) is 2.67. The third-order valence-electron chi connectivity index (χ3n) is 3.74. The van der Waals surface area contributed by atoms with Gasteiger partial charge in [-0.25, -0.2) is 4.39 Å². The zero-order valence-corrected chi connectivity index (χ0v) is 17.1. The summed E-state index contributed by atoms with van der Waals surface area (Å²) in [6, 6.07) is 10.3. The maximum Gasteiger partial charge on any atom is 0.237 e. The maximum atomic E-state index is 12.9. The third-order valence-corrected chi connectivity index (χ3v) is 4.88. The van der Waals surface area contributed by atoms with Crippen molar-refractivity contribution in [2.75, 3.05) is 28.8 Å². The number of anilines is 3. The molecule has 2 aromatic rings. The second kappa shape index (κ2) is 10.5. The van der Waals surface area contributed by atoms with Crippen LogP contribution in [0.25, 0.3) is 0 Å². The summed E-state index contributed by atoms with van der Waals surface area (Å²) in [6.45, 7) is 3.06. The number of nitrogens with one attached hydrogen (secondary N) is 3. The van der Waals surface area contributed by atoms with Crippen LogP contribution >= 0.6 is 11.8 Å². The van der Waals surface area contributed by atoms with Crippen molar-refractivity contribution < 1.29 is 23.5 Å². The van der Waals surface area contributed by atoms with Crippen LogP contribution in [0.1, 0.15) is 13.8 Å². The molecule has 0 aromatic heterocycles. The monoisotopic (exact) mass is 419 g/mol. The molecule has 29 heavy (non-hydrogen) atoms. The number of hydrogen-bond donors (Lipinski definition) is 3. The number of carbonyl (C=O) groups is 3. The van der Waals surface area contributed by atoms with Crippen molar-refractivity contribution in [1.82, 2.24) is 0 Å². The Labute approximate surface area is 172 Å². The van der Waals surface area contributed by atoms with Crippen molar-refractivity contribution in [1.29, 1.82) is 0 Å². The highest BCUT2D eigenvalue weighted by Crippen LogP contribution is 2.28. The van der Waals surface area contributed by atoms with Gasteiger partial charge in [0.05, 0.1) is 23.8 Å². The van der Waals surface area contributed by atoms with Gasteiger partial charge in [-0.2, -0.15) is 0 Å². The molecular weight excluding hydrogens is 397 g/mol. The fourth-order valence-electron chi connectivity index (χ4n) is 2.32. The van der Waals surface area contributed by atoms with E-state index in [1.165, 1.54) is 38.3 Å². The Bertz CT molecular complexity index is 890. The van der Waals surface area contributed by atoms with Gasteiger partial charge < -0.3 is 20.7 Å². The summed E-state index contributed by atoms with van der Waals surface area (Å²) in [6.07, 6.45) is 0. The van der Waals surface area contributed by atoms with Gasteiger partial charge in [0.25, 0.3) is 0 Å². The average molecular weight is 419 g/mol. The van der Waals surface area contributed by atoms with E-state index in [1.54, 1.807) is 25.1 Å². The van der Waals surface area contributed by atoms with Gasteiger partial charge in [0, 0.05) is 18.3 Å². The van der Waals surface area contributed by atoms with Gasteiger partial charge in [-0.1, -0.05) is 0 Å². The molecule has 0 heterocycles. The predicted octanol–water partition coefficient (Wildman–Crippen LogP) is 3.49. The lowest BCUT2D eigenvalue weighted by Crippen LogP contribution is -2.25. The molecule has 0 aliphatic heterocycles. The first-order valence-electron chi connectivity index (χ1n) is 8.72. The fraction of sp³-hybridized carbons (Fsp3) is 0.250. The molecule has 0 bridgehead atoms. The summed E-state index contributed by atoms with van der Waals surface area (Å²) in [5, 5.41) is 7.52. The lowest BCUT2D eigenvalue weighted by molar-refractivity contribution is -0.115. The Morgan fingerprint density at radius 1 is 1.03 bits per heavy atom. The van der Waals surface area contributed by atoms with Crippen molar-refractivity contribution in [2.24, 2.45) is 0 Å². The summed E-state index contributed by atoms with van der Waals surface area (Å²) >= 11 is 1.16. The highest BCUT2D eigenvalue weighted by atomic mass is 32.2. The smallest absolute Gasteiger partial charge is 0.237 e. The van der Waals surface area contributed by atoms with Gasteiger partial charge in [0.15, 0.2) is 0 Å². The lowest BCUT2D eigenvalue weighted by atomic mass is 10.2. The largest absolute Gasteiger partial charge is 0.495 e. The molecule has 0 aliphatic rings. The molecule has 1 unspecified atom stereocenters. The minimum atomic E-state index is -0.500. The first kappa shape index (κ1) is 22.2. The molecule has 0 spiro atoms. The molecule has 3 amide bonds. The van der Waals surface area contributed by atoms with Crippen LogP contribution in [0.5, 0.6) is 5.75 Å². The van der Waals surface area contributed by atoms with Crippen LogP contribution in [-0.4, -0.2) is 35.8 Å². The second-order valence-electron chi connectivity index (χ2n) is 6.09. The van der Waals surface area contributed by atoms with Crippen LogP contribution in [0, 0.1) is 5.82 Å². The quantitative estimate of drug-likeness (QED) is 0.609. The van der Waals surface area contributed by atoms with Gasteiger partial charge in [-0.3, -0.25) is 14.4 Å². The van der Waals surface area contributed by atoms with Gasteiger partial charge in [0.2, 0.25) is 17.7 Å². The first-order valence-corrected chi connectivity index (χ1v) is 9.77. The van der Waals surface area contributed by atoms with E-state index >= 15 is 0 Å². The third kappa shape index (κ3) is 7.11. The van der Waals surface area contributed by atoms with Gasteiger partial charge >= 0.3 is 0 Å². The van der Waals surface area contributed by atoms with Crippen LogP contribution < -0.4 is 20.7 Å². The zero-order valence-electron chi connectivity index (χ0n) is 16.2. The predicted molar refractivity (Wildman–Crippen MR) is 113 cm³/mol. The Balaban J connectivity index is 1.89. The summed E-state index contributed by atoms with van der Waals surface area (Å²) in [5.41, 5.74) is 1.41. The number of carbonyl (C=O) groups excluding carboxylic acids is 3. The van der Waals surface area contributed by atoms with E-state index in [-0.39, 0.29) is 29.3 Å². The van der Waals surface area contributed by atoms with Crippen molar-refractivity contribution >= 4 is 46.5 Å². The second-order valence-corrected chi connectivity index (χ2v) is 7.42. The number of halogens is 1. The van der Waals surface area contributed by atoms with Crippen LogP contribution in [0.4, 0.5) is 21.5 Å². The summed E-state index contributed by atoms with van der Waals surface area (Å²) in [4.78, 5) is 35.7. The molecule has 0 radical (unpaired) electrons. The molecule has 1 atom stereocenters. The molecule has 0 saturated heterocycles. The van der Waals surface area contributed by atoms with E-state index in [2.05, 4.69) is 16.0 Å². The molecule has 0 aliphatic carbocycles. The minimum Gasteiger partial charge on any atom is -0.495 e. The van der Waals surface area contributed by atoms with E-state index in [4.69, 9.17) is 4.74 Å². The topological polar surface area (TPSA) is 96.5 Å². The molecule has 0 fully saturated rings. The van der Waals surface area contributed by atoms with Crippen LogP contribution in [-0.2, 0) is 14.4 Å². The lowest BCUT2D eigenvalue weighted by Gasteiger charge is -2.14. The Kier molecular flexibility index (Phi) is 8.02. The van der Waals surface area contributed by atoms with E-state index < -0.39 is 5.25 Å². The van der Waals surface area contributed by atoms with E-state index in [0.717, 1.165) is 11.8 Å². The summed E-state index contributed by atoms with van der Waals surface area (Å²) in [5.74, 6) is -0.697. The van der Waals surface area contributed by atoms with Crippen LogP contribution in [0.3, 0.4) is 0 Å². The Hall–Kier alpha value is -3.07. The molecule has 9 heteroatoms. The Morgan fingerprint density at radius 3 is 2.31 bits per heavy atom. The molecule has 3 N–H and O–H groups in total. The van der Waals surface area contributed by atoms with E-state index in [9.17, 15) is 18.8 Å². The van der Waals surface area contributed by atoms with Crippen molar-refractivity contribution in [3.05, 3.63) is 48.3 Å². The Morgan fingerprint density at radius 2 is 1.69 bits per heavy atom. The molecule has 154 valence electrons. The van der Waals surface area contributed by atoms with Crippen LogP contribution in [0.15, 0.2) is 42.5 Å². The maximum absolute atomic E-state index is 12.9. The van der Waals surface area contributed by atoms with E-state index in [0.29, 0.717) is 22.8 Å². The highest BCUT2D eigenvalue weighted by Gasteiger charge is 2.16. The van der Waals surface area contributed by atoms with Crippen LogP contribution in [0.2, 0.25) is 0 Å². The molecular formula is C20H22FN3O4S. The van der Waals surface area contributed by atoms with Crippen molar-refractivity contribution in [2.45, 2.75) is 19.1 Å². The van der Waals surface area contributed by atoms with Gasteiger partial charge in [-0.15, -0.1) is 11.8 Å². The number of ether oxygens (including phenoxy) is 1.